The Morgan fingerprint density at radius 2 is 1.85 bits per heavy atom. The van der Waals surface area contributed by atoms with E-state index in [1.165, 1.54) is 38.0 Å². The van der Waals surface area contributed by atoms with Crippen LogP contribution in [0.4, 0.5) is 5.69 Å². The van der Waals surface area contributed by atoms with Crippen molar-refractivity contribution in [3.05, 3.63) is 30.3 Å². The highest BCUT2D eigenvalue weighted by Crippen LogP contribution is 2.20. The molecule has 1 aromatic rings. The highest BCUT2D eigenvalue weighted by Gasteiger charge is 2.23. The van der Waals surface area contributed by atoms with Gasteiger partial charge in [-0.2, -0.15) is 0 Å². The van der Waals surface area contributed by atoms with Gasteiger partial charge in [-0.05, 0) is 70.8 Å². The number of likely N-dealkylation sites (tertiary alicyclic amines) is 1. The van der Waals surface area contributed by atoms with Crippen molar-refractivity contribution in [3.63, 3.8) is 0 Å². The van der Waals surface area contributed by atoms with Crippen molar-refractivity contribution < 1.29 is 0 Å². The minimum Gasteiger partial charge on any atom is -0.369 e. The molecule has 2 saturated heterocycles. The fraction of sp³-hybridized carbons (Fsp3) is 0.667. The molecule has 6 heteroatoms. The zero-order chi connectivity index (χ0) is 18.2. The molecule has 27 heavy (non-hydrogen) atoms. The molecular formula is C21H36IN5. The number of aliphatic imine (C=N–C) groups is 1. The molecule has 2 aliphatic rings. The summed E-state index contributed by atoms with van der Waals surface area (Å²) in [6, 6.07) is 11.2. The molecule has 1 atom stereocenters. The van der Waals surface area contributed by atoms with Gasteiger partial charge in [-0.3, -0.25) is 4.99 Å². The maximum atomic E-state index is 4.85. The zero-order valence-electron chi connectivity index (χ0n) is 16.9. The SMILES string of the molecule is CCNC(=NCCC1CCN(C)CC1)NC1CCN(c2ccccc2)C1.I. The van der Waals surface area contributed by atoms with E-state index in [0.29, 0.717) is 6.04 Å². The minimum absolute atomic E-state index is 0. The number of nitrogens with zero attached hydrogens (tertiary/aromatic N) is 3. The van der Waals surface area contributed by atoms with Crippen LogP contribution in [0.15, 0.2) is 35.3 Å². The molecule has 1 aromatic carbocycles. The van der Waals surface area contributed by atoms with Gasteiger partial charge in [-0.25, -0.2) is 0 Å². The lowest BCUT2D eigenvalue weighted by Gasteiger charge is -2.28. The van der Waals surface area contributed by atoms with Crippen LogP contribution in [-0.4, -0.2) is 63.2 Å². The Kier molecular flexibility index (Phi) is 9.68. The number of hydrogen-bond acceptors (Lipinski definition) is 3. The lowest BCUT2D eigenvalue weighted by molar-refractivity contribution is 0.214. The topological polar surface area (TPSA) is 42.9 Å². The maximum Gasteiger partial charge on any atom is 0.191 e. The molecule has 0 aliphatic carbocycles. The van der Waals surface area contributed by atoms with E-state index in [9.17, 15) is 0 Å². The van der Waals surface area contributed by atoms with Crippen molar-refractivity contribution in [1.82, 2.24) is 15.5 Å². The van der Waals surface area contributed by atoms with Crippen molar-refractivity contribution >= 4 is 35.6 Å². The van der Waals surface area contributed by atoms with E-state index in [1.807, 2.05) is 0 Å². The lowest BCUT2D eigenvalue weighted by atomic mass is 9.94. The lowest BCUT2D eigenvalue weighted by Crippen LogP contribution is -2.44. The third-order valence-corrected chi connectivity index (χ3v) is 5.64. The summed E-state index contributed by atoms with van der Waals surface area (Å²) in [5, 5.41) is 7.07. The van der Waals surface area contributed by atoms with E-state index in [0.717, 1.165) is 44.5 Å². The van der Waals surface area contributed by atoms with Gasteiger partial charge >= 0.3 is 0 Å². The predicted octanol–water partition coefficient (Wildman–Crippen LogP) is 3.17. The van der Waals surface area contributed by atoms with Crippen LogP contribution < -0.4 is 15.5 Å². The van der Waals surface area contributed by atoms with E-state index < -0.39 is 0 Å². The normalized spacial score (nSPS) is 21.8. The van der Waals surface area contributed by atoms with E-state index in [1.54, 1.807) is 0 Å². The fourth-order valence-corrected chi connectivity index (χ4v) is 3.97. The van der Waals surface area contributed by atoms with Gasteiger partial charge in [-0.15, -0.1) is 24.0 Å². The van der Waals surface area contributed by atoms with Gasteiger partial charge in [0.1, 0.15) is 0 Å². The Morgan fingerprint density at radius 1 is 1.11 bits per heavy atom. The van der Waals surface area contributed by atoms with Gasteiger partial charge in [0.2, 0.25) is 0 Å². The van der Waals surface area contributed by atoms with Crippen LogP contribution in [0, 0.1) is 5.92 Å². The molecule has 2 N–H and O–H groups in total. The van der Waals surface area contributed by atoms with Gasteiger partial charge in [0, 0.05) is 37.9 Å². The second-order valence-corrected chi connectivity index (χ2v) is 7.71. The second kappa shape index (κ2) is 11.7. The van der Waals surface area contributed by atoms with Gasteiger partial charge in [0.05, 0.1) is 0 Å². The van der Waals surface area contributed by atoms with Crippen molar-refractivity contribution in [1.29, 1.82) is 0 Å². The molecule has 0 saturated carbocycles. The molecule has 1 unspecified atom stereocenters. The molecule has 3 rings (SSSR count). The maximum absolute atomic E-state index is 4.85. The first-order chi connectivity index (χ1) is 12.7. The highest BCUT2D eigenvalue weighted by atomic mass is 127. The van der Waals surface area contributed by atoms with Crippen LogP contribution in [0.5, 0.6) is 0 Å². The number of halogens is 1. The average Bonchev–Trinajstić information content (AvgIpc) is 3.13. The first kappa shape index (κ1) is 22.3. The molecule has 2 fully saturated rings. The quantitative estimate of drug-likeness (QED) is 0.369. The van der Waals surface area contributed by atoms with Gasteiger partial charge < -0.3 is 20.4 Å². The summed E-state index contributed by atoms with van der Waals surface area (Å²) in [7, 11) is 2.22. The van der Waals surface area contributed by atoms with Crippen LogP contribution in [0.3, 0.4) is 0 Å². The number of guanidine groups is 1. The third-order valence-electron chi connectivity index (χ3n) is 5.64. The zero-order valence-corrected chi connectivity index (χ0v) is 19.2. The van der Waals surface area contributed by atoms with Crippen LogP contribution >= 0.6 is 24.0 Å². The molecular weight excluding hydrogens is 449 g/mol. The van der Waals surface area contributed by atoms with E-state index in [2.05, 4.69) is 64.7 Å². The summed E-state index contributed by atoms with van der Waals surface area (Å²) < 4.78 is 0. The van der Waals surface area contributed by atoms with E-state index in [4.69, 9.17) is 4.99 Å². The Labute approximate surface area is 182 Å². The number of piperidine rings is 1. The van der Waals surface area contributed by atoms with Crippen molar-refractivity contribution in [2.24, 2.45) is 10.9 Å². The fourth-order valence-electron chi connectivity index (χ4n) is 3.97. The molecule has 152 valence electrons. The Balaban J connectivity index is 0.00000261. The van der Waals surface area contributed by atoms with E-state index in [-0.39, 0.29) is 24.0 Å². The van der Waals surface area contributed by atoms with Crippen LogP contribution in [0.1, 0.15) is 32.6 Å². The molecule has 0 spiro atoms. The van der Waals surface area contributed by atoms with Gasteiger partial charge in [-0.1, -0.05) is 18.2 Å². The molecule has 0 aromatic heterocycles. The average molecular weight is 485 g/mol. The van der Waals surface area contributed by atoms with E-state index >= 15 is 0 Å². The molecule has 0 bridgehead atoms. The van der Waals surface area contributed by atoms with Gasteiger partial charge in [0.25, 0.3) is 0 Å². The molecule has 5 nitrogen and oxygen atoms in total. The largest absolute Gasteiger partial charge is 0.369 e. The summed E-state index contributed by atoms with van der Waals surface area (Å²) in [5.74, 6) is 1.83. The first-order valence-corrected chi connectivity index (χ1v) is 10.3. The van der Waals surface area contributed by atoms with Crippen LogP contribution in [-0.2, 0) is 0 Å². The smallest absolute Gasteiger partial charge is 0.191 e. The highest BCUT2D eigenvalue weighted by molar-refractivity contribution is 14.0. The first-order valence-electron chi connectivity index (χ1n) is 10.3. The summed E-state index contributed by atoms with van der Waals surface area (Å²) >= 11 is 0. The summed E-state index contributed by atoms with van der Waals surface area (Å²) in [6.07, 6.45) is 5.02. The Bertz CT molecular complexity index is 557. The molecule has 2 heterocycles. The van der Waals surface area contributed by atoms with Crippen LogP contribution in [0.25, 0.3) is 0 Å². The van der Waals surface area contributed by atoms with Gasteiger partial charge in [0.15, 0.2) is 5.96 Å². The monoisotopic (exact) mass is 485 g/mol. The van der Waals surface area contributed by atoms with Crippen molar-refractivity contribution in [2.45, 2.75) is 38.6 Å². The summed E-state index contributed by atoms with van der Waals surface area (Å²) in [6.45, 7) is 8.61. The molecule has 0 amide bonds. The summed E-state index contributed by atoms with van der Waals surface area (Å²) in [5.41, 5.74) is 1.32. The molecule has 0 radical (unpaired) electrons. The standard InChI is InChI=1S/C21H35N5.HI/c1-3-22-21(23-13-9-18-10-14-25(2)15-11-18)24-19-12-16-26(17-19)20-7-5-4-6-8-20;/h4-8,18-19H,3,9-17H2,1-2H3,(H2,22,23,24);1H. The van der Waals surface area contributed by atoms with Crippen molar-refractivity contribution in [3.8, 4) is 0 Å². The number of benzene rings is 1. The Morgan fingerprint density at radius 3 is 2.56 bits per heavy atom. The number of hydrogen-bond donors (Lipinski definition) is 2. The van der Waals surface area contributed by atoms with Crippen LogP contribution in [0.2, 0.25) is 0 Å². The molecule has 2 aliphatic heterocycles. The number of para-hydroxylation sites is 1. The second-order valence-electron chi connectivity index (χ2n) is 7.71. The number of anilines is 1. The minimum atomic E-state index is 0. The third kappa shape index (κ3) is 7.14. The van der Waals surface area contributed by atoms with Crippen molar-refractivity contribution in [2.75, 3.05) is 51.2 Å². The number of rotatable bonds is 6. The Hall–Kier alpha value is -1.02. The number of nitrogens with one attached hydrogen (secondary N) is 2. The summed E-state index contributed by atoms with van der Waals surface area (Å²) in [4.78, 5) is 9.74. The predicted molar refractivity (Wildman–Crippen MR) is 126 cm³/mol.